The summed E-state index contributed by atoms with van der Waals surface area (Å²) in [5, 5.41) is 2.52. The molecule has 4 heteroatoms. The standard InChI is InChI=1S/C76H84BN3/c1-69(2,3)51-29-32-62(56(40-51)50-28-27-47-23-17-18-25-49(47)39-50)78-64-34-31-53(71(7,8)9)43-60(64)77-61-44-54(72(10,11)12)42-59-68(61)80(75(15)37-22-21-36-73(59,75)13)66-46-55(45-65(78)67(66)77)79-63-33-30-52(70(4,5)6)41-58(63)74(14)38-35-48-24-19-20-26-57(48)76(74,79)16/h17-20,23-34,39-46H,21-22,35-38H2,1-16H3. The zero-order valence-electron chi connectivity index (χ0n) is 51.0. The van der Waals surface area contributed by atoms with E-state index in [1.165, 1.54) is 136 Å². The Labute approximate surface area is 479 Å². The van der Waals surface area contributed by atoms with Crippen LogP contribution in [0.3, 0.4) is 0 Å². The van der Waals surface area contributed by atoms with Gasteiger partial charge in [0.1, 0.15) is 0 Å². The highest BCUT2D eigenvalue weighted by Gasteiger charge is 2.64. The van der Waals surface area contributed by atoms with Gasteiger partial charge in [0.2, 0.25) is 0 Å². The van der Waals surface area contributed by atoms with Gasteiger partial charge in [-0.05, 0) is 181 Å². The highest BCUT2D eigenvalue weighted by Crippen LogP contribution is 2.67. The first kappa shape index (κ1) is 51.6. The summed E-state index contributed by atoms with van der Waals surface area (Å²) in [6.07, 6.45) is 6.95. The molecule has 8 aromatic carbocycles. The van der Waals surface area contributed by atoms with Crippen molar-refractivity contribution in [1.29, 1.82) is 0 Å². The summed E-state index contributed by atoms with van der Waals surface area (Å²) in [6.45, 7) is 39.3. The number of benzene rings is 8. The molecule has 4 unspecified atom stereocenters. The predicted octanol–water partition coefficient (Wildman–Crippen LogP) is 18.3. The Hall–Kier alpha value is -6.52. The maximum absolute atomic E-state index is 2.97. The maximum atomic E-state index is 2.97. The van der Waals surface area contributed by atoms with Crippen LogP contribution in [0.2, 0.25) is 0 Å². The lowest BCUT2D eigenvalue weighted by atomic mass is 9.33. The molecule has 0 aromatic heterocycles. The second-order valence-electron chi connectivity index (χ2n) is 30.5. The van der Waals surface area contributed by atoms with Crippen molar-refractivity contribution in [2.24, 2.45) is 0 Å². The SMILES string of the molecule is CC(C)(C)c1ccc2c(c1)B1c3cc(C(C)(C)C)cc4c3N(c3cc(N5c6ccc(C(C)(C)C)cc6C6(C)CCc7ccccc7C56C)cc(c31)N2c1ccc(C(C)(C)C)cc1-c1ccc2ccccc2c1)C1(C)CCCCC41C. The number of fused-ring (bicyclic) bond motifs is 13. The van der Waals surface area contributed by atoms with E-state index in [0.717, 1.165) is 19.3 Å². The summed E-state index contributed by atoms with van der Waals surface area (Å²) in [7, 11) is 0. The van der Waals surface area contributed by atoms with E-state index in [2.05, 4.69) is 271 Å². The number of rotatable bonds is 3. The first-order valence-electron chi connectivity index (χ1n) is 30.5. The molecule has 8 aromatic rings. The first-order chi connectivity index (χ1) is 37.7. The minimum atomic E-state index is -0.391. The fourth-order valence-corrected chi connectivity index (χ4v) is 16.6. The van der Waals surface area contributed by atoms with Gasteiger partial charge in [-0.3, -0.25) is 0 Å². The highest BCUT2D eigenvalue weighted by molar-refractivity contribution is 7.00. The van der Waals surface area contributed by atoms with Gasteiger partial charge >= 0.3 is 0 Å². The highest BCUT2D eigenvalue weighted by atomic mass is 15.3. The van der Waals surface area contributed by atoms with Gasteiger partial charge in [-0.15, -0.1) is 0 Å². The van der Waals surface area contributed by atoms with Crippen LogP contribution in [0.15, 0.2) is 146 Å². The molecule has 406 valence electrons. The van der Waals surface area contributed by atoms with E-state index in [9.17, 15) is 0 Å². The molecule has 3 nitrogen and oxygen atoms in total. The Morgan fingerprint density at radius 2 is 1.01 bits per heavy atom. The molecule has 0 amide bonds. The Morgan fingerprint density at radius 3 is 1.73 bits per heavy atom. The topological polar surface area (TPSA) is 9.72 Å². The Balaban J connectivity index is 1.15. The third-order valence-electron chi connectivity index (χ3n) is 21.8. The van der Waals surface area contributed by atoms with E-state index < -0.39 is 5.54 Å². The van der Waals surface area contributed by atoms with Crippen molar-refractivity contribution in [3.05, 3.63) is 190 Å². The number of hydrogen-bond acceptors (Lipinski definition) is 3. The number of hydrogen-bond donors (Lipinski definition) is 0. The largest absolute Gasteiger partial charge is 0.335 e. The lowest BCUT2D eigenvalue weighted by Crippen LogP contribution is -2.64. The average molecular weight is 1050 g/mol. The van der Waals surface area contributed by atoms with Crippen LogP contribution in [0.4, 0.5) is 39.8 Å². The normalized spacial score (nSPS) is 23.6. The van der Waals surface area contributed by atoms with E-state index >= 15 is 0 Å². The molecule has 0 N–H and O–H groups in total. The van der Waals surface area contributed by atoms with Crippen molar-refractivity contribution in [3.63, 3.8) is 0 Å². The molecule has 0 radical (unpaired) electrons. The minimum Gasteiger partial charge on any atom is -0.335 e. The monoisotopic (exact) mass is 1050 g/mol. The predicted molar refractivity (Wildman–Crippen MR) is 344 cm³/mol. The Bertz CT molecular complexity index is 3940. The summed E-state index contributed by atoms with van der Waals surface area (Å²) in [5.41, 5.74) is 26.7. The maximum Gasteiger partial charge on any atom is 0.252 e. The summed E-state index contributed by atoms with van der Waals surface area (Å²) < 4.78 is 0. The van der Waals surface area contributed by atoms with E-state index in [4.69, 9.17) is 0 Å². The van der Waals surface area contributed by atoms with Gasteiger partial charge in [-0.25, -0.2) is 0 Å². The zero-order chi connectivity index (χ0) is 56.2. The fourth-order valence-electron chi connectivity index (χ4n) is 16.6. The van der Waals surface area contributed by atoms with E-state index in [0.29, 0.717) is 0 Å². The minimum absolute atomic E-state index is 0.00855. The van der Waals surface area contributed by atoms with Crippen molar-refractivity contribution in [2.75, 3.05) is 14.7 Å². The zero-order valence-corrected chi connectivity index (χ0v) is 51.0. The third-order valence-corrected chi connectivity index (χ3v) is 21.8. The summed E-state index contributed by atoms with van der Waals surface area (Å²) in [5.74, 6) is 0. The fraction of sp³-hybridized carbons (Fsp3) is 0.395. The van der Waals surface area contributed by atoms with Gasteiger partial charge < -0.3 is 14.7 Å². The first-order valence-corrected chi connectivity index (χ1v) is 30.5. The van der Waals surface area contributed by atoms with Crippen LogP contribution in [0.1, 0.15) is 187 Å². The van der Waals surface area contributed by atoms with E-state index in [1.54, 1.807) is 5.56 Å². The lowest BCUT2D eigenvalue weighted by molar-refractivity contribution is 0.195. The smallest absolute Gasteiger partial charge is 0.252 e. The van der Waals surface area contributed by atoms with Gasteiger partial charge in [-0.1, -0.05) is 213 Å². The molecule has 1 fully saturated rings. The number of aryl methyl sites for hydroxylation is 1. The van der Waals surface area contributed by atoms with Crippen molar-refractivity contribution in [3.8, 4) is 11.1 Å². The van der Waals surface area contributed by atoms with Crippen LogP contribution in [0.25, 0.3) is 21.9 Å². The molecule has 2 aliphatic carbocycles. The van der Waals surface area contributed by atoms with E-state index in [1.807, 2.05) is 0 Å². The molecular formula is C76H84BN3. The molecule has 0 saturated heterocycles. The average Bonchev–Trinajstić information content (AvgIpc) is 3.85. The van der Waals surface area contributed by atoms with Crippen molar-refractivity contribution >= 4 is 73.7 Å². The Morgan fingerprint density at radius 1 is 0.425 bits per heavy atom. The Kier molecular flexibility index (Phi) is 10.7. The van der Waals surface area contributed by atoms with Crippen LogP contribution < -0.4 is 31.1 Å². The quantitative estimate of drug-likeness (QED) is 0.163. The van der Waals surface area contributed by atoms with Crippen molar-refractivity contribution < 1.29 is 0 Å². The van der Waals surface area contributed by atoms with Gasteiger partial charge in [0.05, 0.1) is 16.8 Å². The number of nitrogens with zero attached hydrogens (tertiary/aromatic N) is 3. The van der Waals surface area contributed by atoms with Crippen LogP contribution in [0, 0.1) is 0 Å². The third kappa shape index (κ3) is 6.92. The van der Waals surface area contributed by atoms with Crippen LogP contribution >= 0.6 is 0 Å². The molecule has 80 heavy (non-hydrogen) atoms. The molecule has 4 atom stereocenters. The second kappa shape index (κ2) is 16.6. The molecule has 1 saturated carbocycles. The van der Waals surface area contributed by atoms with Crippen molar-refractivity contribution in [1.82, 2.24) is 0 Å². The van der Waals surface area contributed by atoms with Crippen LogP contribution in [-0.2, 0) is 44.4 Å². The van der Waals surface area contributed by atoms with Crippen molar-refractivity contribution in [2.45, 2.75) is 193 Å². The van der Waals surface area contributed by atoms with Gasteiger partial charge in [-0.2, -0.15) is 0 Å². The molecule has 0 bridgehead atoms. The molecule has 6 aliphatic rings. The molecule has 0 spiro atoms. The molecule has 4 aliphatic heterocycles. The van der Waals surface area contributed by atoms with Crippen LogP contribution in [0.5, 0.6) is 0 Å². The summed E-state index contributed by atoms with van der Waals surface area (Å²) in [6, 6.07) is 58.9. The van der Waals surface area contributed by atoms with Gasteiger partial charge in [0.15, 0.2) is 0 Å². The number of anilines is 7. The van der Waals surface area contributed by atoms with Crippen LogP contribution in [-0.4, -0.2) is 12.3 Å². The molecular weight excluding hydrogens is 966 g/mol. The van der Waals surface area contributed by atoms with Gasteiger partial charge in [0, 0.05) is 50.5 Å². The second-order valence-corrected chi connectivity index (χ2v) is 30.5. The van der Waals surface area contributed by atoms with E-state index in [-0.39, 0.29) is 44.7 Å². The summed E-state index contributed by atoms with van der Waals surface area (Å²) in [4.78, 5) is 8.59. The summed E-state index contributed by atoms with van der Waals surface area (Å²) >= 11 is 0. The lowest BCUT2D eigenvalue weighted by Gasteiger charge is -2.54. The molecule has 14 rings (SSSR count). The van der Waals surface area contributed by atoms with Gasteiger partial charge in [0.25, 0.3) is 6.71 Å². The molecule has 4 heterocycles.